The molecule has 0 aromatic heterocycles. The van der Waals surface area contributed by atoms with E-state index < -0.39 is 33.7 Å². The Hall–Kier alpha value is -1.15. The number of carbonyl (C=O) groups excluding carboxylic acids is 1. The van der Waals surface area contributed by atoms with Gasteiger partial charge in [0, 0.05) is 0 Å². The second-order valence-corrected chi connectivity index (χ2v) is 3.95. The van der Waals surface area contributed by atoms with E-state index in [0.29, 0.717) is 0 Å². The molecule has 2 N–H and O–H groups in total. The molecule has 0 spiro atoms. The van der Waals surface area contributed by atoms with Gasteiger partial charge in [0.25, 0.3) is 10.1 Å². The van der Waals surface area contributed by atoms with Crippen LogP contribution in [0, 0.1) is 0 Å². The van der Waals surface area contributed by atoms with Crippen LogP contribution in [0.25, 0.3) is 0 Å². The van der Waals surface area contributed by atoms with E-state index in [0.717, 1.165) is 0 Å². The SMILES string of the molecule is CCOC(=O)CC(C(=O)O)S(=O)(=O)O. The first-order valence-electron chi connectivity index (χ1n) is 3.63. The predicted molar refractivity (Wildman–Crippen MR) is 44.2 cm³/mol. The maximum atomic E-state index is 10.7. The summed E-state index contributed by atoms with van der Waals surface area (Å²) in [5, 5.41) is 6.21. The monoisotopic (exact) mass is 226 g/mol. The lowest BCUT2D eigenvalue weighted by molar-refractivity contribution is -0.147. The Labute approximate surface area is 80.4 Å². The summed E-state index contributed by atoms with van der Waals surface area (Å²) in [6, 6.07) is 0. The van der Waals surface area contributed by atoms with Crippen molar-refractivity contribution in [2.45, 2.75) is 18.6 Å². The minimum absolute atomic E-state index is 0.0106. The summed E-state index contributed by atoms with van der Waals surface area (Å²) >= 11 is 0. The molecule has 0 aliphatic rings. The van der Waals surface area contributed by atoms with Crippen molar-refractivity contribution >= 4 is 22.1 Å². The lowest BCUT2D eigenvalue weighted by Crippen LogP contribution is -2.32. The summed E-state index contributed by atoms with van der Waals surface area (Å²) in [6.07, 6.45) is -0.901. The fourth-order valence-corrected chi connectivity index (χ4v) is 1.29. The van der Waals surface area contributed by atoms with Gasteiger partial charge in [-0.2, -0.15) is 8.42 Å². The van der Waals surface area contributed by atoms with E-state index in [1.807, 2.05) is 0 Å². The molecule has 0 aromatic rings. The third kappa shape index (κ3) is 4.19. The van der Waals surface area contributed by atoms with Gasteiger partial charge in [0.2, 0.25) is 0 Å². The number of carbonyl (C=O) groups is 2. The van der Waals surface area contributed by atoms with Gasteiger partial charge in [0.1, 0.15) is 0 Å². The number of hydrogen-bond donors (Lipinski definition) is 2. The highest BCUT2D eigenvalue weighted by atomic mass is 32.2. The van der Waals surface area contributed by atoms with Crippen molar-refractivity contribution in [1.82, 2.24) is 0 Å². The van der Waals surface area contributed by atoms with Gasteiger partial charge in [-0.3, -0.25) is 14.1 Å². The van der Waals surface area contributed by atoms with Gasteiger partial charge < -0.3 is 9.84 Å². The summed E-state index contributed by atoms with van der Waals surface area (Å²) in [5.74, 6) is -2.78. The van der Waals surface area contributed by atoms with E-state index in [4.69, 9.17) is 9.66 Å². The quantitative estimate of drug-likeness (QED) is 0.469. The van der Waals surface area contributed by atoms with Crippen LogP contribution in [0.1, 0.15) is 13.3 Å². The van der Waals surface area contributed by atoms with Crippen molar-refractivity contribution < 1.29 is 32.4 Å². The molecule has 0 fully saturated rings. The fraction of sp³-hybridized carbons (Fsp3) is 0.667. The number of carboxylic acid groups (broad SMARTS) is 1. The van der Waals surface area contributed by atoms with Gasteiger partial charge in [0.05, 0.1) is 13.0 Å². The summed E-state index contributed by atoms with van der Waals surface area (Å²) < 4.78 is 33.7. The van der Waals surface area contributed by atoms with Crippen molar-refractivity contribution in [2.24, 2.45) is 0 Å². The molecule has 0 amide bonds. The molecule has 0 aromatic carbocycles. The van der Waals surface area contributed by atoms with E-state index in [2.05, 4.69) is 4.74 Å². The van der Waals surface area contributed by atoms with Crippen molar-refractivity contribution in [1.29, 1.82) is 0 Å². The second kappa shape index (κ2) is 4.91. The molecule has 0 bridgehead atoms. The molecule has 7 nitrogen and oxygen atoms in total. The Morgan fingerprint density at radius 2 is 1.93 bits per heavy atom. The van der Waals surface area contributed by atoms with Gasteiger partial charge in [-0.15, -0.1) is 0 Å². The number of hydrogen-bond acceptors (Lipinski definition) is 5. The van der Waals surface area contributed by atoms with Gasteiger partial charge in [0.15, 0.2) is 5.25 Å². The molecule has 0 radical (unpaired) electrons. The lowest BCUT2D eigenvalue weighted by Gasteiger charge is -2.07. The Morgan fingerprint density at radius 1 is 1.43 bits per heavy atom. The molecular weight excluding hydrogens is 216 g/mol. The first kappa shape index (κ1) is 12.8. The zero-order valence-corrected chi connectivity index (χ0v) is 8.15. The molecular formula is C6H10O7S. The highest BCUT2D eigenvalue weighted by molar-refractivity contribution is 7.87. The molecule has 0 heterocycles. The van der Waals surface area contributed by atoms with Gasteiger partial charge in [-0.25, -0.2) is 0 Å². The van der Waals surface area contributed by atoms with Crippen LogP contribution >= 0.6 is 0 Å². The van der Waals surface area contributed by atoms with Crippen molar-refractivity contribution in [2.75, 3.05) is 6.61 Å². The van der Waals surface area contributed by atoms with Crippen molar-refractivity contribution in [3.63, 3.8) is 0 Å². The summed E-state index contributed by atoms with van der Waals surface area (Å²) in [7, 11) is -4.78. The molecule has 0 saturated carbocycles. The Balaban J connectivity index is 4.57. The maximum Gasteiger partial charge on any atom is 0.325 e. The summed E-state index contributed by atoms with van der Waals surface area (Å²) in [5.41, 5.74) is 0. The van der Waals surface area contributed by atoms with E-state index in [1.165, 1.54) is 6.92 Å². The third-order valence-electron chi connectivity index (χ3n) is 1.29. The Bertz CT molecular complexity index is 317. The number of carboxylic acids is 1. The smallest absolute Gasteiger partial charge is 0.325 e. The van der Waals surface area contributed by atoms with Crippen LogP contribution in [-0.4, -0.2) is 41.9 Å². The Morgan fingerprint density at radius 3 is 2.21 bits per heavy atom. The average Bonchev–Trinajstić information content (AvgIpc) is 1.98. The van der Waals surface area contributed by atoms with Gasteiger partial charge in [-0.05, 0) is 6.92 Å². The summed E-state index contributed by atoms with van der Waals surface area (Å²) in [4.78, 5) is 21.1. The van der Waals surface area contributed by atoms with Crippen LogP contribution in [0.15, 0.2) is 0 Å². The fourth-order valence-electron chi connectivity index (χ4n) is 0.691. The highest BCUT2D eigenvalue weighted by Crippen LogP contribution is 2.05. The second-order valence-electron chi connectivity index (χ2n) is 2.35. The van der Waals surface area contributed by atoms with Crippen LogP contribution in [0.3, 0.4) is 0 Å². The normalized spacial score (nSPS) is 13.3. The Kier molecular flexibility index (Phi) is 4.51. The molecule has 0 saturated heterocycles. The number of esters is 1. The zero-order valence-electron chi connectivity index (χ0n) is 7.34. The molecule has 8 heteroatoms. The van der Waals surface area contributed by atoms with E-state index in [9.17, 15) is 18.0 Å². The van der Waals surface area contributed by atoms with Crippen LogP contribution in [0.2, 0.25) is 0 Å². The van der Waals surface area contributed by atoms with E-state index in [-0.39, 0.29) is 6.61 Å². The molecule has 1 atom stereocenters. The molecule has 82 valence electrons. The summed E-state index contributed by atoms with van der Waals surface area (Å²) in [6.45, 7) is 1.50. The molecule has 14 heavy (non-hydrogen) atoms. The third-order valence-corrected chi connectivity index (χ3v) is 2.38. The van der Waals surface area contributed by atoms with Gasteiger partial charge in [-0.1, -0.05) is 0 Å². The largest absolute Gasteiger partial charge is 0.480 e. The van der Waals surface area contributed by atoms with E-state index in [1.54, 1.807) is 0 Å². The predicted octanol–water partition coefficient (Wildman–Crippen LogP) is -0.719. The van der Waals surface area contributed by atoms with E-state index >= 15 is 0 Å². The van der Waals surface area contributed by atoms with Gasteiger partial charge >= 0.3 is 11.9 Å². The molecule has 0 rings (SSSR count). The van der Waals surface area contributed by atoms with Crippen molar-refractivity contribution in [3.8, 4) is 0 Å². The standard InChI is InChI=1S/C6H10O7S/c1-2-13-5(7)3-4(6(8)9)14(10,11)12/h4H,2-3H2,1H3,(H,8,9)(H,10,11,12). The highest BCUT2D eigenvalue weighted by Gasteiger charge is 2.33. The molecule has 0 aliphatic heterocycles. The topological polar surface area (TPSA) is 118 Å². The average molecular weight is 226 g/mol. The molecule has 1 unspecified atom stereocenters. The lowest BCUT2D eigenvalue weighted by atomic mass is 10.3. The van der Waals surface area contributed by atoms with Crippen molar-refractivity contribution in [3.05, 3.63) is 0 Å². The van der Waals surface area contributed by atoms with Crippen LogP contribution in [0.5, 0.6) is 0 Å². The van der Waals surface area contributed by atoms with Crippen LogP contribution in [-0.2, 0) is 24.4 Å². The van der Waals surface area contributed by atoms with Crippen LogP contribution in [0.4, 0.5) is 0 Å². The maximum absolute atomic E-state index is 10.7. The number of aliphatic carboxylic acids is 1. The van der Waals surface area contributed by atoms with Crippen LogP contribution < -0.4 is 0 Å². The number of ether oxygens (including phenoxy) is 1. The first-order chi connectivity index (χ1) is 6.29. The molecule has 0 aliphatic carbocycles. The number of rotatable bonds is 5. The zero-order chi connectivity index (χ0) is 11.4. The minimum atomic E-state index is -4.78. The minimum Gasteiger partial charge on any atom is -0.480 e. The first-order valence-corrected chi connectivity index (χ1v) is 5.14.